The lowest BCUT2D eigenvalue weighted by atomic mass is 9.99. The standard InChI is InChI=1S/C13H17FO5/c1-7(13(15)16)5-8-6-9(17-2)12(19-4)10(14)11(8)18-3/h6-7H,5H2,1-4H3,(H,15,16). The van der Waals surface area contributed by atoms with E-state index in [1.165, 1.54) is 34.3 Å². The van der Waals surface area contributed by atoms with Gasteiger partial charge in [-0.25, -0.2) is 0 Å². The number of rotatable bonds is 6. The number of methoxy groups -OCH3 is 3. The molecule has 106 valence electrons. The molecule has 0 aromatic heterocycles. The molecular formula is C13H17FO5. The second kappa shape index (κ2) is 6.26. The van der Waals surface area contributed by atoms with Gasteiger partial charge >= 0.3 is 5.97 Å². The van der Waals surface area contributed by atoms with E-state index in [9.17, 15) is 9.18 Å². The average Bonchev–Trinajstić information content (AvgIpc) is 2.38. The lowest BCUT2D eigenvalue weighted by Gasteiger charge is -2.16. The quantitative estimate of drug-likeness (QED) is 0.859. The Bertz CT molecular complexity index is 473. The molecule has 5 nitrogen and oxygen atoms in total. The third-order valence-electron chi connectivity index (χ3n) is 2.80. The van der Waals surface area contributed by atoms with E-state index < -0.39 is 17.7 Å². The van der Waals surface area contributed by atoms with E-state index in [0.717, 1.165) is 0 Å². The van der Waals surface area contributed by atoms with Crippen LogP contribution in [-0.4, -0.2) is 32.4 Å². The van der Waals surface area contributed by atoms with Crippen molar-refractivity contribution < 1.29 is 28.5 Å². The van der Waals surface area contributed by atoms with Gasteiger partial charge in [0, 0.05) is 5.56 Å². The van der Waals surface area contributed by atoms with Crippen molar-refractivity contribution in [1.82, 2.24) is 0 Å². The first kappa shape index (κ1) is 15.1. The highest BCUT2D eigenvalue weighted by molar-refractivity contribution is 5.70. The molecule has 1 aromatic rings. The van der Waals surface area contributed by atoms with Crippen molar-refractivity contribution in [3.8, 4) is 17.2 Å². The number of halogens is 1. The Morgan fingerprint density at radius 3 is 2.26 bits per heavy atom. The summed E-state index contributed by atoms with van der Waals surface area (Å²) in [6.45, 7) is 1.54. The van der Waals surface area contributed by atoms with Crippen LogP contribution in [0.15, 0.2) is 6.07 Å². The minimum Gasteiger partial charge on any atom is -0.493 e. The third kappa shape index (κ3) is 3.07. The Morgan fingerprint density at radius 1 is 1.26 bits per heavy atom. The fourth-order valence-electron chi connectivity index (χ4n) is 1.77. The molecule has 0 saturated carbocycles. The van der Waals surface area contributed by atoms with Gasteiger partial charge in [-0.2, -0.15) is 4.39 Å². The highest BCUT2D eigenvalue weighted by atomic mass is 19.1. The Kier molecular flexibility index (Phi) is 4.97. The van der Waals surface area contributed by atoms with Crippen LogP contribution in [0.1, 0.15) is 12.5 Å². The fraction of sp³-hybridized carbons (Fsp3) is 0.462. The first-order valence-corrected chi connectivity index (χ1v) is 5.66. The Morgan fingerprint density at radius 2 is 1.84 bits per heavy atom. The van der Waals surface area contributed by atoms with E-state index in [0.29, 0.717) is 5.56 Å². The van der Waals surface area contributed by atoms with Crippen LogP contribution >= 0.6 is 0 Å². The first-order chi connectivity index (χ1) is 8.96. The van der Waals surface area contributed by atoms with Gasteiger partial charge in [-0.3, -0.25) is 4.79 Å². The summed E-state index contributed by atoms with van der Waals surface area (Å²) in [6, 6.07) is 1.53. The van der Waals surface area contributed by atoms with E-state index in [1.807, 2.05) is 0 Å². The van der Waals surface area contributed by atoms with Crippen molar-refractivity contribution in [3.05, 3.63) is 17.4 Å². The van der Waals surface area contributed by atoms with Gasteiger partial charge in [0.15, 0.2) is 11.5 Å². The van der Waals surface area contributed by atoms with E-state index in [-0.39, 0.29) is 23.7 Å². The molecule has 0 fully saturated rings. The summed E-state index contributed by atoms with van der Waals surface area (Å²) in [7, 11) is 4.02. The molecule has 0 bridgehead atoms. The van der Waals surface area contributed by atoms with Gasteiger partial charge in [0.25, 0.3) is 0 Å². The molecule has 0 aliphatic heterocycles. The normalized spacial score (nSPS) is 11.8. The SMILES string of the molecule is COc1cc(CC(C)C(=O)O)c(OC)c(F)c1OC. The maximum absolute atomic E-state index is 14.2. The fourth-order valence-corrected chi connectivity index (χ4v) is 1.77. The van der Waals surface area contributed by atoms with Gasteiger partial charge in [0.05, 0.1) is 27.2 Å². The topological polar surface area (TPSA) is 65.0 Å². The highest BCUT2D eigenvalue weighted by Gasteiger charge is 2.23. The zero-order chi connectivity index (χ0) is 14.6. The van der Waals surface area contributed by atoms with Crippen molar-refractivity contribution >= 4 is 5.97 Å². The lowest BCUT2D eigenvalue weighted by Crippen LogP contribution is -2.13. The number of carboxylic acids is 1. The molecule has 0 aliphatic carbocycles. The van der Waals surface area contributed by atoms with Gasteiger partial charge in [-0.05, 0) is 12.5 Å². The maximum atomic E-state index is 14.2. The number of hydrogen-bond donors (Lipinski definition) is 1. The average molecular weight is 272 g/mol. The molecule has 1 atom stereocenters. The van der Waals surface area contributed by atoms with Crippen molar-refractivity contribution in [2.75, 3.05) is 21.3 Å². The molecule has 0 aliphatic rings. The predicted octanol–water partition coefficient (Wildman–Crippen LogP) is 2.11. The van der Waals surface area contributed by atoms with Crippen LogP contribution in [0.25, 0.3) is 0 Å². The van der Waals surface area contributed by atoms with Crippen LogP contribution in [0.4, 0.5) is 4.39 Å². The summed E-state index contributed by atoms with van der Waals surface area (Å²) in [5, 5.41) is 8.91. The molecule has 6 heteroatoms. The van der Waals surface area contributed by atoms with E-state index in [2.05, 4.69) is 0 Å². The molecule has 1 rings (SSSR count). The molecule has 1 unspecified atom stereocenters. The zero-order valence-electron chi connectivity index (χ0n) is 11.3. The van der Waals surface area contributed by atoms with Crippen molar-refractivity contribution in [3.63, 3.8) is 0 Å². The third-order valence-corrected chi connectivity index (χ3v) is 2.80. The summed E-state index contributed by atoms with van der Waals surface area (Å²) in [5.41, 5.74) is 0.424. The predicted molar refractivity (Wildman–Crippen MR) is 66.6 cm³/mol. The second-order valence-electron chi connectivity index (χ2n) is 4.06. The van der Waals surface area contributed by atoms with Crippen LogP contribution in [0.5, 0.6) is 17.2 Å². The summed E-state index contributed by atoms with van der Waals surface area (Å²) < 4.78 is 29.1. The largest absolute Gasteiger partial charge is 0.493 e. The Balaban J connectivity index is 3.30. The lowest BCUT2D eigenvalue weighted by molar-refractivity contribution is -0.141. The van der Waals surface area contributed by atoms with Crippen LogP contribution in [-0.2, 0) is 11.2 Å². The van der Waals surface area contributed by atoms with Gasteiger partial charge in [0.2, 0.25) is 11.6 Å². The van der Waals surface area contributed by atoms with E-state index >= 15 is 0 Å². The van der Waals surface area contributed by atoms with Crippen molar-refractivity contribution in [2.45, 2.75) is 13.3 Å². The molecule has 0 radical (unpaired) electrons. The number of carbonyl (C=O) groups is 1. The number of benzene rings is 1. The maximum Gasteiger partial charge on any atom is 0.306 e. The Hall–Kier alpha value is -1.98. The van der Waals surface area contributed by atoms with Crippen LogP contribution in [0.3, 0.4) is 0 Å². The van der Waals surface area contributed by atoms with E-state index in [1.54, 1.807) is 0 Å². The van der Waals surface area contributed by atoms with Gasteiger partial charge in [-0.15, -0.1) is 0 Å². The summed E-state index contributed by atoms with van der Waals surface area (Å²) in [5.74, 6) is -2.20. The molecule has 1 aromatic carbocycles. The summed E-state index contributed by atoms with van der Waals surface area (Å²) >= 11 is 0. The minimum absolute atomic E-state index is 0.0225. The molecule has 0 heterocycles. The molecular weight excluding hydrogens is 255 g/mol. The van der Waals surface area contributed by atoms with Gasteiger partial charge in [0.1, 0.15) is 0 Å². The highest BCUT2D eigenvalue weighted by Crippen LogP contribution is 2.39. The summed E-state index contributed by atoms with van der Waals surface area (Å²) in [4.78, 5) is 10.9. The van der Waals surface area contributed by atoms with Crippen LogP contribution in [0, 0.1) is 11.7 Å². The van der Waals surface area contributed by atoms with Gasteiger partial charge < -0.3 is 19.3 Å². The van der Waals surface area contributed by atoms with Crippen LogP contribution in [0.2, 0.25) is 0 Å². The van der Waals surface area contributed by atoms with Crippen LogP contribution < -0.4 is 14.2 Å². The smallest absolute Gasteiger partial charge is 0.306 e. The monoisotopic (exact) mass is 272 g/mol. The Labute approximate surface area is 110 Å². The molecule has 0 spiro atoms. The number of aliphatic carboxylic acids is 1. The minimum atomic E-state index is -0.961. The first-order valence-electron chi connectivity index (χ1n) is 5.66. The second-order valence-corrected chi connectivity index (χ2v) is 4.06. The van der Waals surface area contributed by atoms with E-state index in [4.69, 9.17) is 19.3 Å². The number of carboxylic acid groups (broad SMARTS) is 1. The molecule has 19 heavy (non-hydrogen) atoms. The molecule has 1 N–H and O–H groups in total. The van der Waals surface area contributed by atoms with Gasteiger partial charge in [-0.1, -0.05) is 6.92 Å². The van der Waals surface area contributed by atoms with Crippen molar-refractivity contribution in [1.29, 1.82) is 0 Å². The number of ether oxygens (including phenoxy) is 3. The molecule has 0 saturated heterocycles. The summed E-state index contributed by atoms with van der Waals surface area (Å²) in [6.07, 6.45) is 0.135. The van der Waals surface area contributed by atoms with Crippen molar-refractivity contribution in [2.24, 2.45) is 5.92 Å². The zero-order valence-corrected chi connectivity index (χ0v) is 11.3. The molecule has 0 amide bonds. The number of hydrogen-bond acceptors (Lipinski definition) is 4.